The zero-order chi connectivity index (χ0) is 33.6. The first-order valence-electron chi connectivity index (χ1n) is 16.9. The smallest absolute Gasteiger partial charge is 0.274 e. The molecule has 1 saturated carbocycles. The van der Waals surface area contributed by atoms with Gasteiger partial charge in [-0.2, -0.15) is 0 Å². The van der Waals surface area contributed by atoms with E-state index in [1.165, 1.54) is 30.6 Å². The van der Waals surface area contributed by atoms with Gasteiger partial charge in [-0.3, -0.25) is 9.59 Å². The van der Waals surface area contributed by atoms with Gasteiger partial charge in [0, 0.05) is 26.1 Å². The first-order valence-corrected chi connectivity index (χ1v) is 18.7. The predicted octanol–water partition coefficient (Wildman–Crippen LogP) is 9.41. The Labute approximate surface area is 301 Å². The molecular formula is C39H43N7O2S2. The minimum Gasteiger partial charge on any atom is -0.350 e. The summed E-state index contributed by atoms with van der Waals surface area (Å²) < 4.78 is 1.78. The summed E-state index contributed by atoms with van der Waals surface area (Å²) in [6, 6.07) is 24.3. The molecule has 5 heterocycles. The molecule has 1 atom stereocenters. The van der Waals surface area contributed by atoms with Gasteiger partial charge in [0.05, 0.1) is 26.5 Å². The van der Waals surface area contributed by atoms with Gasteiger partial charge in [0.15, 0.2) is 11.5 Å². The number of amides is 1. The number of hydrogen-bond acceptors (Lipinski definition) is 10. The molecule has 1 aliphatic carbocycles. The van der Waals surface area contributed by atoms with E-state index in [-0.39, 0.29) is 25.2 Å². The summed E-state index contributed by atoms with van der Waals surface area (Å²) in [6.45, 7) is 4.35. The number of nitrogens with zero attached hydrogens (tertiary/aromatic N) is 5. The lowest BCUT2D eigenvalue weighted by atomic mass is 10.1. The number of benzene rings is 2. The molecule has 4 aromatic heterocycles. The van der Waals surface area contributed by atoms with Crippen molar-refractivity contribution >= 4 is 66.7 Å². The SMILES string of the molecule is C.CC(Nc1nc(C(=O)CC2CC2)c2sccc2n1)c1ccccc1.O=C(c1nc(NCc2ccccc2)nc2ccsc12)N1CCCCC1. The monoisotopic (exact) mass is 705 g/mol. The minimum atomic E-state index is 0. The largest absolute Gasteiger partial charge is 0.350 e. The van der Waals surface area contributed by atoms with Gasteiger partial charge in [0.25, 0.3) is 5.91 Å². The fraction of sp³-hybridized carbons (Fsp3) is 0.333. The van der Waals surface area contributed by atoms with Gasteiger partial charge in [0.2, 0.25) is 11.9 Å². The molecule has 2 N–H and O–H groups in total. The van der Waals surface area contributed by atoms with E-state index >= 15 is 0 Å². The quantitative estimate of drug-likeness (QED) is 0.136. The Morgan fingerprint density at radius 1 is 0.780 bits per heavy atom. The van der Waals surface area contributed by atoms with Crippen LogP contribution in [0.25, 0.3) is 20.4 Å². The molecule has 0 spiro atoms. The second-order valence-corrected chi connectivity index (χ2v) is 14.4. The maximum atomic E-state index is 13.0. The van der Waals surface area contributed by atoms with Crippen LogP contribution in [0.1, 0.15) is 91.0 Å². The fourth-order valence-corrected chi connectivity index (χ4v) is 7.58. The van der Waals surface area contributed by atoms with E-state index in [1.54, 1.807) is 11.3 Å². The van der Waals surface area contributed by atoms with Crippen LogP contribution in [0.15, 0.2) is 83.6 Å². The summed E-state index contributed by atoms with van der Waals surface area (Å²) in [7, 11) is 0. The maximum Gasteiger partial charge on any atom is 0.274 e. The second-order valence-electron chi connectivity index (χ2n) is 12.6. The third-order valence-electron chi connectivity index (χ3n) is 8.83. The van der Waals surface area contributed by atoms with E-state index in [0.29, 0.717) is 42.2 Å². The number of carbonyl (C=O) groups is 2. The molecular weight excluding hydrogens is 663 g/mol. The van der Waals surface area contributed by atoms with Crippen molar-refractivity contribution < 1.29 is 9.59 Å². The Balaban J connectivity index is 0.000000170. The number of carbonyl (C=O) groups excluding carboxylic acids is 2. The number of piperidine rings is 1. The fourth-order valence-electron chi connectivity index (χ4n) is 5.93. The van der Waals surface area contributed by atoms with E-state index in [2.05, 4.69) is 61.8 Å². The zero-order valence-electron chi connectivity index (χ0n) is 27.5. The van der Waals surface area contributed by atoms with Crippen LogP contribution in [0, 0.1) is 5.92 Å². The molecule has 2 fully saturated rings. The van der Waals surface area contributed by atoms with E-state index in [4.69, 9.17) is 0 Å². The standard InChI is InChI=1S/C19H20N4OS.C19H19N3OS.CH4/c24-18(23-10-5-2-6-11-23)16-17-15(9-12-25-17)21-19(22-16)20-13-14-7-3-1-4-8-14;1-12(14-5-3-2-4-6-14)20-19-21-15-9-10-24-18(15)17(22-19)16(23)11-13-7-8-13;/h1,3-4,7-9,12H,2,5-6,10-11,13H2,(H,20,21,22);2-6,9-10,12-13H,7-8,11H2,1H3,(H,20,21,22);1H4. The highest BCUT2D eigenvalue weighted by atomic mass is 32.1. The lowest BCUT2D eigenvalue weighted by molar-refractivity contribution is 0.0720. The third kappa shape index (κ3) is 8.51. The number of nitrogens with one attached hydrogen (secondary N) is 2. The number of thiophene rings is 2. The molecule has 1 amide bonds. The van der Waals surface area contributed by atoms with Crippen LogP contribution in [0.4, 0.5) is 11.9 Å². The summed E-state index contributed by atoms with van der Waals surface area (Å²) >= 11 is 3.07. The van der Waals surface area contributed by atoms with Gasteiger partial charge < -0.3 is 15.5 Å². The van der Waals surface area contributed by atoms with Crippen LogP contribution in [0.2, 0.25) is 0 Å². The molecule has 50 heavy (non-hydrogen) atoms. The number of ketones is 1. The third-order valence-corrected chi connectivity index (χ3v) is 10.6. The van der Waals surface area contributed by atoms with Crippen molar-refractivity contribution in [2.24, 2.45) is 5.92 Å². The molecule has 1 aliphatic heterocycles. The van der Waals surface area contributed by atoms with E-state index in [1.807, 2.05) is 64.2 Å². The Kier molecular flexibility index (Phi) is 11.5. The lowest BCUT2D eigenvalue weighted by Gasteiger charge is -2.26. The van der Waals surface area contributed by atoms with Gasteiger partial charge in [0.1, 0.15) is 5.69 Å². The van der Waals surface area contributed by atoms with Crippen LogP contribution >= 0.6 is 22.7 Å². The molecule has 0 radical (unpaired) electrons. The van der Waals surface area contributed by atoms with E-state index in [9.17, 15) is 9.59 Å². The molecule has 11 heteroatoms. The van der Waals surface area contributed by atoms with Gasteiger partial charge in [-0.1, -0.05) is 68.1 Å². The topological polar surface area (TPSA) is 113 Å². The lowest BCUT2D eigenvalue weighted by Crippen LogP contribution is -2.36. The second kappa shape index (κ2) is 16.3. The van der Waals surface area contributed by atoms with Crippen molar-refractivity contribution in [2.45, 2.75) is 65.5 Å². The number of likely N-dealkylation sites (tertiary alicyclic amines) is 1. The minimum absolute atomic E-state index is 0. The van der Waals surface area contributed by atoms with Crippen molar-refractivity contribution in [2.75, 3.05) is 23.7 Å². The van der Waals surface area contributed by atoms with Gasteiger partial charge >= 0.3 is 0 Å². The number of rotatable bonds is 10. The predicted molar refractivity (Wildman–Crippen MR) is 205 cm³/mol. The molecule has 6 aromatic rings. The van der Waals surface area contributed by atoms with Crippen molar-refractivity contribution in [1.29, 1.82) is 0 Å². The highest BCUT2D eigenvalue weighted by Gasteiger charge is 2.27. The molecule has 258 valence electrons. The number of anilines is 2. The van der Waals surface area contributed by atoms with Gasteiger partial charge in [-0.05, 0) is 79.0 Å². The molecule has 8 rings (SSSR count). The van der Waals surface area contributed by atoms with Crippen molar-refractivity contribution in [3.05, 3.63) is 106 Å². The Morgan fingerprint density at radius 3 is 2.04 bits per heavy atom. The average Bonchev–Trinajstić information content (AvgIpc) is 3.61. The van der Waals surface area contributed by atoms with Crippen LogP contribution in [0.5, 0.6) is 0 Å². The first kappa shape index (κ1) is 35.1. The normalized spacial score (nSPS) is 14.7. The highest BCUT2D eigenvalue weighted by Crippen LogP contribution is 2.35. The average molecular weight is 706 g/mol. The van der Waals surface area contributed by atoms with Crippen LogP contribution < -0.4 is 10.6 Å². The summed E-state index contributed by atoms with van der Waals surface area (Å²) in [6.07, 6.45) is 6.29. The van der Waals surface area contributed by atoms with E-state index < -0.39 is 0 Å². The summed E-state index contributed by atoms with van der Waals surface area (Å²) in [5.41, 5.74) is 5.09. The molecule has 2 aromatic carbocycles. The van der Waals surface area contributed by atoms with E-state index in [0.717, 1.165) is 57.5 Å². The van der Waals surface area contributed by atoms with Crippen LogP contribution in [0.3, 0.4) is 0 Å². The number of hydrogen-bond donors (Lipinski definition) is 2. The van der Waals surface area contributed by atoms with Gasteiger partial charge in [-0.15, -0.1) is 22.7 Å². The Hall–Kier alpha value is -4.74. The molecule has 1 unspecified atom stereocenters. The number of fused-ring (bicyclic) bond motifs is 2. The molecule has 0 bridgehead atoms. The molecule has 1 saturated heterocycles. The van der Waals surface area contributed by atoms with Crippen molar-refractivity contribution in [3.8, 4) is 0 Å². The number of aromatic nitrogens is 4. The summed E-state index contributed by atoms with van der Waals surface area (Å²) in [5, 5.41) is 10.5. The van der Waals surface area contributed by atoms with Crippen molar-refractivity contribution in [1.82, 2.24) is 24.8 Å². The Morgan fingerprint density at radius 2 is 1.38 bits per heavy atom. The number of Topliss-reactive ketones (excluding diaryl/α,β-unsaturated/α-hetero) is 1. The maximum absolute atomic E-state index is 13.0. The van der Waals surface area contributed by atoms with Crippen LogP contribution in [-0.4, -0.2) is 49.6 Å². The summed E-state index contributed by atoms with van der Waals surface area (Å²) in [5.74, 6) is 1.76. The molecule has 2 aliphatic rings. The summed E-state index contributed by atoms with van der Waals surface area (Å²) in [4.78, 5) is 45.7. The highest BCUT2D eigenvalue weighted by molar-refractivity contribution is 7.17. The van der Waals surface area contributed by atoms with Gasteiger partial charge in [-0.25, -0.2) is 19.9 Å². The molecule has 9 nitrogen and oxygen atoms in total. The van der Waals surface area contributed by atoms with Crippen molar-refractivity contribution in [3.63, 3.8) is 0 Å². The zero-order valence-corrected chi connectivity index (χ0v) is 29.1. The van der Waals surface area contributed by atoms with Crippen LogP contribution in [-0.2, 0) is 6.54 Å². The Bertz CT molecular complexity index is 2040. The first-order chi connectivity index (χ1) is 24.0.